The summed E-state index contributed by atoms with van der Waals surface area (Å²) in [7, 11) is 0. The Morgan fingerprint density at radius 3 is 2.70 bits per heavy atom. The summed E-state index contributed by atoms with van der Waals surface area (Å²) in [5, 5.41) is 2.91. The maximum Gasteiger partial charge on any atom is 0.281 e. The molecular formula is C19H16N4O3S. The molecule has 136 valence electrons. The van der Waals surface area contributed by atoms with E-state index >= 15 is 0 Å². The van der Waals surface area contributed by atoms with Crippen LogP contribution in [0.25, 0.3) is 10.9 Å². The number of benzene rings is 2. The molecule has 3 aromatic rings. The van der Waals surface area contributed by atoms with Gasteiger partial charge in [-0.15, -0.1) is 0 Å². The van der Waals surface area contributed by atoms with Gasteiger partial charge in [-0.25, -0.2) is 4.98 Å². The maximum atomic E-state index is 12.5. The fraction of sp³-hybridized carbons (Fsp3) is 0.158. The van der Waals surface area contributed by atoms with Crippen LogP contribution in [0.4, 0.5) is 5.69 Å². The van der Waals surface area contributed by atoms with Crippen LogP contribution in [0, 0.1) is 6.92 Å². The first kappa shape index (κ1) is 17.3. The van der Waals surface area contributed by atoms with Gasteiger partial charge in [0.1, 0.15) is 5.25 Å². The number of aromatic nitrogens is 2. The van der Waals surface area contributed by atoms with E-state index in [0.29, 0.717) is 21.7 Å². The highest BCUT2D eigenvalue weighted by Crippen LogP contribution is 2.28. The summed E-state index contributed by atoms with van der Waals surface area (Å²) < 4.78 is 1.14. The van der Waals surface area contributed by atoms with Gasteiger partial charge in [0, 0.05) is 12.1 Å². The molecule has 1 atom stereocenters. The average molecular weight is 380 g/mol. The van der Waals surface area contributed by atoms with E-state index in [0.717, 1.165) is 22.0 Å². The number of nitrogens with one attached hydrogen (secondary N) is 2. The van der Waals surface area contributed by atoms with E-state index < -0.39 is 11.2 Å². The monoisotopic (exact) mass is 380 g/mol. The standard InChI is InChI=1S/C19H16N4O3S/c1-11-6-8-12(9-7-11)20-16(24)10-15-17(25)22-23-18(26)13-4-2-3-5-14(13)21-19(23)27-15/h2-9,15H,10H2,1H3,(H,20,24)(H,22,25)/t15-/m0/s1. The molecule has 0 saturated heterocycles. The zero-order chi connectivity index (χ0) is 19.0. The molecule has 1 aromatic heterocycles. The van der Waals surface area contributed by atoms with Gasteiger partial charge in [0.25, 0.3) is 11.5 Å². The summed E-state index contributed by atoms with van der Waals surface area (Å²) in [6.45, 7) is 1.96. The zero-order valence-corrected chi connectivity index (χ0v) is 15.2. The van der Waals surface area contributed by atoms with Crippen LogP contribution in [0.1, 0.15) is 12.0 Å². The first-order chi connectivity index (χ1) is 13.0. The van der Waals surface area contributed by atoms with Crippen LogP contribution >= 0.6 is 11.8 Å². The predicted octanol–water partition coefficient (Wildman–Crippen LogP) is 2.28. The number of amides is 2. The van der Waals surface area contributed by atoms with Crippen LogP contribution in [0.15, 0.2) is 58.5 Å². The Morgan fingerprint density at radius 1 is 1.19 bits per heavy atom. The lowest BCUT2D eigenvalue weighted by molar-refractivity contribution is -0.121. The van der Waals surface area contributed by atoms with Crippen molar-refractivity contribution in [2.24, 2.45) is 0 Å². The van der Waals surface area contributed by atoms with Gasteiger partial charge in [0.05, 0.1) is 10.9 Å². The van der Waals surface area contributed by atoms with Gasteiger partial charge in [-0.2, -0.15) is 4.68 Å². The highest BCUT2D eigenvalue weighted by molar-refractivity contribution is 8.00. The Balaban J connectivity index is 1.54. The number of thioether (sulfide) groups is 1. The normalized spacial score (nSPS) is 15.9. The number of aryl methyl sites for hydroxylation is 1. The minimum absolute atomic E-state index is 0.0208. The third-order valence-corrected chi connectivity index (χ3v) is 5.36. The summed E-state index contributed by atoms with van der Waals surface area (Å²) in [6, 6.07) is 14.4. The Hall–Kier alpha value is -3.13. The molecular weight excluding hydrogens is 364 g/mol. The minimum atomic E-state index is -0.663. The van der Waals surface area contributed by atoms with E-state index in [1.807, 2.05) is 31.2 Å². The fourth-order valence-corrected chi connectivity index (χ4v) is 3.84. The van der Waals surface area contributed by atoms with Crippen molar-refractivity contribution in [3.8, 4) is 0 Å². The van der Waals surface area contributed by atoms with E-state index in [1.54, 1.807) is 24.3 Å². The summed E-state index contributed by atoms with van der Waals surface area (Å²) in [5.74, 6) is -0.672. The van der Waals surface area contributed by atoms with E-state index in [-0.39, 0.29) is 17.9 Å². The molecule has 1 aliphatic rings. The highest BCUT2D eigenvalue weighted by Gasteiger charge is 2.31. The van der Waals surface area contributed by atoms with E-state index in [4.69, 9.17) is 0 Å². The van der Waals surface area contributed by atoms with Crippen molar-refractivity contribution in [2.75, 3.05) is 10.7 Å². The number of rotatable bonds is 3. The van der Waals surface area contributed by atoms with Crippen molar-refractivity contribution in [1.82, 2.24) is 9.66 Å². The lowest BCUT2D eigenvalue weighted by Gasteiger charge is -2.24. The molecule has 0 radical (unpaired) electrons. The molecule has 2 aromatic carbocycles. The van der Waals surface area contributed by atoms with Crippen molar-refractivity contribution in [1.29, 1.82) is 0 Å². The second-order valence-corrected chi connectivity index (χ2v) is 7.42. The quantitative estimate of drug-likeness (QED) is 0.680. The number of nitrogens with zero attached hydrogens (tertiary/aromatic N) is 2. The Kier molecular flexibility index (Phi) is 4.41. The number of anilines is 1. The number of hydrogen-bond donors (Lipinski definition) is 2. The van der Waals surface area contributed by atoms with Crippen LogP contribution in [0.5, 0.6) is 0 Å². The maximum absolute atomic E-state index is 12.5. The van der Waals surface area contributed by atoms with E-state index in [2.05, 4.69) is 15.7 Å². The van der Waals surface area contributed by atoms with Gasteiger partial charge < -0.3 is 5.32 Å². The van der Waals surface area contributed by atoms with Crippen LogP contribution < -0.4 is 16.3 Å². The first-order valence-electron chi connectivity index (χ1n) is 8.37. The van der Waals surface area contributed by atoms with Gasteiger partial charge in [-0.1, -0.05) is 41.6 Å². The summed E-state index contributed by atoms with van der Waals surface area (Å²) in [6.07, 6.45) is -0.0208. The molecule has 2 amide bonds. The Morgan fingerprint density at radius 2 is 1.93 bits per heavy atom. The van der Waals surface area contributed by atoms with E-state index in [1.165, 1.54) is 0 Å². The SMILES string of the molecule is Cc1ccc(NC(=O)C[C@@H]2Sc3nc4ccccc4c(=O)n3NC2=O)cc1. The number of hydrogen-bond acceptors (Lipinski definition) is 5. The predicted molar refractivity (Wildman–Crippen MR) is 104 cm³/mol. The van der Waals surface area contributed by atoms with Crippen LogP contribution in [-0.4, -0.2) is 26.7 Å². The molecule has 8 heteroatoms. The molecule has 0 bridgehead atoms. The molecule has 2 heterocycles. The second-order valence-electron chi connectivity index (χ2n) is 6.25. The lowest BCUT2D eigenvalue weighted by Crippen LogP contribution is -2.44. The smallest absolute Gasteiger partial charge is 0.281 e. The minimum Gasteiger partial charge on any atom is -0.326 e. The van der Waals surface area contributed by atoms with Crippen molar-refractivity contribution in [3.05, 3.63) is 64.4 Å². The third-order valence-electron chi connectivity index (χ3n) is 4.21. The summed E-state index contributed by atoms with van der Waals surface area (Å²) in [5.41, 5.74) is 4.54. The lowest BCUT2D eigenvalue weighted by atomic mass is 10.2. The molecule has 0 fully saturated rings. The van der Waals surface area contributed by atoms with Crippen molar-refractivity contribution < 1.29 is 9.59 Å². The van der Waals surface area contributed by atoms with Crippen molar-refractivity contribution >= 4 is 40.2 Å². The largest absolute Gasteiger partial charge is 0.326 e. The van der Waals surface area contributed by atoms with Crippen molar-refractivity contribution in [2.45, 2.75) is 23.8 Å². The van der Waals surface area contributed by atoms with Crippen LogP contribution in [0.2, 0.25) is 0 Å². The molecule has 0 unspecified atom stereocenters. The summed E-state index contributed by atoms with van der Waals surface area (Å²) >= 11 is 1.11. The van der Waals surface area contributed by atoms with Gasteiger partial charge in [-0.05, 0) is 31.2 Å². The molecule has 0 spiro atoms. The fourth-order valence-electron chi connectivity index (χ4n) is 2.80. The molecule has 0 saturated carbocycles. The number of fused-ring (bicyclic) bond motifs is 2. The molecule has 27 heavy (non-hydrogen) atoms. The first-order valence-corrected chi connectivity index (χ1v) is 9.25. The number of carbonyl (C=O) groups is 2. The molecule has 4 rings (SSSR count). The number of para-hydroxylation sites is 1. The third kappa shape index (κ3) is 3.43. The number of carbonyl (C=O) groups excluding carboxylic acids is 2. The van der Waals surface area contributed by atoms with Gasteiger partial charge in [-0.3, -0.25) is 19.8 Å². The highest BCUT2D eigenvalue weighted by atomic mass is 32.2. The van der Waals surface area contributed by atoms with Crippen molar-refractivity contribution in [3.63, 3.8) is 0 Å². The van der Waals surface area contributed by atoms with Crippen LogP contribution in [-0.2, 0) is 9.59 Å². The summed E-state index contributed by atoms with van der Waals surface area (Å²) in [4.78, 5) is 41.7. The molecule has 0 aliphatic carbocycles. The van der Waals surface area contributed by atoms with Gasteiger partial charge >= 0.3 is 0 Å². The Bertz CT molecular complexity index is 1110. The zero-order valence-electron chi connectivity index (χ0n) is 14.4. The molecule has 7 nitrogen and oxygen atoms in total. The molecule has 1 aliphatic heterocycles. The van der Waals surface area contributed by atoms with E-state index in [9.17, 15) is 14.4 Å². The van der Waals surface area contributed by atoms with Gasteiger partial charge in [0.15, 0.2) is 5.16 Å². The Labute approximate surface area is 158 Å². The second kappa shape index (κ2) is 6.88. The average Bonchev–Trinajstić information content (AvgIpc) is 2.65. The van der Waals surface area contributed by atoms with Crippen LogP contribution in [0.3, 0.4) is 0 Å². The molecule has 2 N–H and O–H groups in total. The van der Waals surface area contributed by atoms with Gasteiger partial charge in [0.2, 0.25) is 5.91 Å². The topological polar surface area (TPSA) is 93.1 Å².